The van der Waals surface area contributed by atoms with Gasteiger partial charge >= 0.3 is 0 Å². The van der Waals surface area contributed by atoms with Crippen molar-refractivity contribution < 1.29 is 13.2 Å². The quantitative estimate of drug-likeness (QED) is 0.643. The van der Waals surface area contributed by atoms with Crippen molar-refractivity contribution in [3.05, 3.63) is 81.6 Å². The molecule has 1 heterocycles. The Morgan fingerprint density at radius 2 is 1.86 bits per heavy atom. The van der Waals surface area contributed by atoms with Gasteiger partial charge in [0.15, 0.2) is 4.80 Å². The number of hydrogen-bond acceptors (Lipinski definition) is 4. The highest BCUT2D eigenvalue weighted by Gasteiger charge is 2.20. The minimum atomic E-state index is -3.62. The number of carbonyl (C=O) groups excluding carboxylic acids is 1. The topological polar surface area (TPSA) is 71.7 Å². The van der Waals surface area contributed by atoms with Crippen LogP contribution in [0.1, 0.15) is 21.5 Å². The molecule has 0 unspecified atom stereocenters. The molecule has 6 nitrogen and oxygen atoms in total. The first-order chi connectivity index (χ1) is 13.3. The van der Waals surface area contributed by atoms with Crippen LogP contribution in [0.15, 0.2) is 70.0 Å². The largest absolute Gasteiger partial charge is 0.319 e. The van der Waals surface area contributed by atoms with Crippen molar-refractivity contribution in [2.45, 2.75) is 18.4 Å². The smallest absolute Gasteiger partial charge is 0.279 e. The fourth-order valence-electron chi connectivity index (χ4n) is 2.64. The molecule has 1 aromatic heterocycles. The number of thiazole rings is 1. The van der Waals surface area contributed by atoms with E-state index in [9.17, 15) is 13.2 Å². The molecule has 0 aliphatic heterocycles. The van der Waals surface area contributed by atoms with Crippen LogP contribution in [0.3, 0.4) is 0 Å². The standard InChI is InChI=1S/C20H21N3O3S2/c1-15-9-10-17(28(25,26)22(2)3)13-18(15)19(24)21-20-23(11-12-27-20)14-16-7-5-4-6-8-16/h4-13H,14H2,1-3H3. The molecule has 0 aliphatic rings. The fraction of sp³-hybridized carbons (Fsp3) is 0.200. The molecule has 8 heteroatoms. The number of hydrogen-bond donors (Lipinski definition) is 0. The zero-order valence-electron chi connectivity index (χ0n) is 15.9. The Morgan fingerprint density at radius 3 is 2.54 bits per heavy atom. The second-order valence-corrected chi connectivity index (χ2v) is 9.51. The highest BCUT2D eigenvalue weighted by atomic mass is 32.2. The molecule has 0 saturated heterocycles. The number of benzene rings is 2. The third-order valence-electron chi connectivity index (χ3n) is 4.27. The molecule has 2 aromatic carbocycles. The Labute approximate surface area is 168 Å². The monoisotopic (exact) mass is 415 g/mol. The van der Waals surface area contributed by atoms with Crippen LogP contribution in [0.25, 0.3) is 0 Å². The number of carbonyl (C=O) groups is 1. The average Bonchev–Trinajstić information content (AvgIpc) is 3.09. The lowest BCUT2D eigenvalue weighted by atomic mass is 10.1. The van der Waals surface area contributed by atoms with Gasteiger partial charge in [-0.3, -0.25) is 4.79 Å². The van der Waals surface area contributed by atoms with Gasteiger partial charge in [-0.2, -0.15) is 4.99 Å². The molecule has 0 spiro atoms. The normalized spacial score (nSPS) is 12.5. The predicted octanol–water partition coefficient (Wildman–Crippen LogP) is 2.90. The molecular weight excluding hydrogens is 394 g/mol. The minimum Gasteiger partial charge on any atom is -0.319 e. The van der Waals surface area contributed by atoms with E-state index in [4.69, 9.17) is 0 Å². The summed E-state index contributed by atoms with van der Waals surface area (Å²) in [6.45, 7) is 2.37. The van der Waals surface area contributed by atoms with Gasteiger partial charge in [-0.1, -0.05) is 36.4 Å². The second-order valence-electron chi connectivity index (χ2n) is 6.48. The van der Waals surface area contributed by atoms with E-state index in [-0.39, 0.29) is 10.5 Å². The van der Waals surface area contributed by atoms with Crippen molar-refractivity contribution in [3.8, 4) is 0 Å². The summed E-state index contributed by atoms with van der Waals surface area (Å²) in [5.41, 5.74) is 2.06. The summed E-state index contributed by atoms with van der Waals surface area (Å²) in [7, 11) is -0.709. The number of rotatable bonds is 5. The molecule has 0 N–H and O–H groups in total. The molecule has 0 radical (unpaired) electrons. The fourth-order valence-corrected chi connectivity index (χ4v) is 4.29. The Bertz CT molecular complexity index is 1160. The summed E-state index contributed by atoms with van der Waals surface area (Å²) in [5.74, 6) is -0.461. The van der Waals surface area contributed by atoms with Crippen LogP contribution in [0.2, 0.25) is 0 Å². The summed E-state index contributed by atoms with van der Waals surface area (Å²) >= 11 is 1.36. The van der Waals surface area contributed by atoms with E-state index in [1.54, 1.807) is 13.0 Å². The maximum atomic E-state index is 12.8. The van der Waals surface area contributed by atoms with E-state index in [0.29, 0.717) is 16.9 Å². The molecule has 0 saturated carbocycles. The van der Waals surface area contributed by atoms with Gasteiger partial charge in [0.05, 0.1) is 4.90 Å². The average molecular weight is 416 g/mol. The van der Waals surface area contributed by atoms with Gasteiger partial charge in [0.2, 0.25) is 10.0 Å². The van der Waals surface area contributed by atoms with Gasteiger partial charge in [-0.05, 0) is 30.2 Å². The van der Waals surface area contributed by atoms with Gasteiger partial charge < -0.3 is 4.57 Å². The zero-order valence-corrected chi connectivity index (χ0v) is 17.5. The van der Waals surface area contributed by atoms with Crippen molar-refractivity contribution in [1.82, 2.24) is 8.87 Å². The maximum Gasteiger partial charge on any atom is 0.279 e. The van der Waals surface area contributed by atoms with E-state index >= 15 is 0 Å². The van der Waals surface area contributed by atoms with Crippen molar-refractivity contribution >= 4 is 27.3 Å². The zero-order chi connectivity index (χ0) is 20.3. The molecule has 146 valence electrons. The van der Waals surface area contributed by atoms with E-state index < -0.39 is 15.9 Å². The summed E-state index contributed by atoms with van der Waals surface area (Å²) in [5, 5.41) is 1.87. The summed E-state index contributed by atoms with van der Waals surface area (Å²) in [4.78, 5) is 17.7. The van der Waals surface area contributed by atoms with Crippen molar-refractivity contribution in [2.24, 2.45) is 4.99 Å². The number of aromatic nitrogens is 1. The first-order valence-corrected chi connectivity index (χ1v) is 10.9. The van der Waals surface area contributed by atoms with Gasteiger partial charge in [0.25, 0.3) is 5.91 Å². The second kappa shape index (κ2) is 8.22. The van der Waals surface area contributed by atoms with Crippen LogP contribution in [0, 0.1) is 6.92 Å². The summed E-state index contributed by atoms with van der Waals surface area (Å²) < 4.78 is 27.8. The first kappa shape index (κ1) is 20.2. The van der Waals surface area contributed by atoms with E-state index in [0.717, 1.165) is 9.87 Å². The lowest BCUT2D eigenvalue weighted by Crippen LogP contribution is -2.22. The van der Waals surface area contributed by atoms with Crippen molar-refractivity contribution in [1.29, 1.82) is 0 Å². The molecule has 28 heavy (non-hydrogen) atoms. The SMILES string of the molecule is Cc1ccc(S(=O)(=O)N(C)C)cc1C(=O)N=c1sccn1Cc1ccccc1. The Hall–Kier alpha value is -2.55. The Kier molecular flexibility index (Phi) is 5.93. The summed E-state index contributed by atoms with van der Waals surface area (Å²) in [6, 6.07) is 14.4. The number of aryl methyl sites for hydroxylation is 1. The van der Waals surface area contributed by atoms with Crippen LogP contribution in [-0.2, 0) is 16.6 Å². The maximum absolute atomic E-state index is 12.8. The number of sulfonamides is 1. The van der Waals surface area contributed by atoms with Crippen LogP contribution < -0.4 is 4.80 Å². The lowest BCUT2D eigenvalue weighted by molar-refractivity contribution is 0.0997. The highest BCUT2D eigenvalue weighted by molar-refractivity contribution is 7.89. The third-order valence-corrected chi connectivity index (χ3v) is 6.88. The van der Waals surface area contributed by atoms with Crippen LogP contribution in [-0.4, -0.2) is 37.3 Å². The van der Waals surface area contributed by atoms with E-state index in [1.807, 2.05) is 46.5 Å². The minimum absolute atomic E-state index is 0.0741. The molecule has 3 rings (SSSR count). The van der Waals surface area contributed by atoms with E-state index in [1.165, 1.54) is 37.6 Å². The first-order valence-electron chi connectivity index (χ1n) is 8.59. The van der Waals surface area contributed by atoms with Crippen LogP contribution >= 0.6 is 11.3 Å². The van der Waals surface area contributed by atoms with Crippen molar-refractivity contribution in [3.63, 3.8) is 0 Å². The Balaban J connectivity index is 1.97. The number of nitrogens with zero attached hydrogens (tertiary/aromatic N) is 3. The lowest BCUT2D eigenvalue weighted by Gasteiger charge is -2.12. The van der Waals surface area contributed by atoms with Crippen molar-refractivity contribution in [2.75, 3.05) is 14.1 Å². The van der Waals surface area contributed by atoms with Gasteiger partial charge in [0.1, 0.15) is 0 Å². The molecule has 0 fully saturated rings. The van der Waals surface area contributed by atoms with Crippen LogP contribution in [0.5, 0.6) is 0 Å². The molecule has 0 atom stereocenters. The van der Waals surface area contributed by atoms with Gasteiger partial charge in [-0.25, -0.2) is 12.7 Å². The molecule has 0 aliphatic carbocycles. The van der Waals surface area contributed by atoms with Crippen LogP contribution in [0.4, 0.5) is 0 Å². The van der Waals surface area contributed by atoms with Gasteiger partial charge in [0, 0.05) is 37.8 Å². The molecule has 3 aromatic rings. The predicted molar refractivity (Wildman–Crippen MR) is 110 cm³/mol. The summed E-state index contributed by atoms with van der Waals surface area (Å²) in [6.07, 6.45) is 1.88. The third kappa shape index (κ3) is 4.30. The molecular formula is C20H21N3O3S2. The number of amides is 1. The van der Waals surface area contributed by atoms with Gasteiger partial charge in [-0.15, -0.1) is 11.3 Å². The molecule has 1 amide bonds. The highest BCUT2D eigenvalue weighted by Crippen LogP contribution is 2.19. The van der Waals surface area contributed by atoms with E-state index in [2.05, 4.69) is 4.99 Å². The molecule has 0 bridgehead atoms. The Morgan fingerprint density at radius 1 is 1.14 bits per heavy atom.